The van der Waals surface area contributed by atoms with Gasteiger partial charge in [0.25, 0.3) is 0 Å². The van der Waals surface area contributed by atoms with Crippen LogP contribution in [0, 0.1) is 0 Å². The van der Waals surface area contributed by atoms with Crippen LogP contribution < -0.4 is 11.1 Å². The van der Waals surface area contributed by atoms with E-state index in [2.05, 4.69) is 27.2 Å². The number of phenolic OH excluding ortho intramolecular Hbond substituents is 1. The molecular formula is C23H33N6O6P. The Morgan fingerprint density at radius 1 is 1.25 bits per heavy atom. The van der Waals surface area contributed by atoms with E-state index >= 15 is 0 Å². The molecule has 1 aromatic carbocycles. The van der Waals surface area contributed by atoms with Crippen molar-refractivity contribution in [1.29, 1.82) is 0 Å². The van der Waals surface area contributed by atoms with E-state index in [1.54, 1.807) is 10.6 Å². The van der Waals surface area contributed by atoms with Crippen molar-refractivity contribution >= 4 is 36.2 Å². The van der Waals surface area contributed by atoms with Gasteiger partial charge in [0.05, 0.1) is 24.7 Å². The smallest absolute Gasteiger partial charge is 0.325 e. The number of aromatic hydroxyl groups is 1. The van der Waals surface area contributed by atoms with E-state index in [-0.39, 0.29) is 36.5 Å². The van der Waals surface area contributed by atoms with E-state index in [4.69, 9.17) is 20.3 Å². The third-order valence-electron chi connectivity index (χ3n) is 6.31. The van der Waals surface area contributed by atoms with Crippen molar-refractivity contribution in [2.45, 2.75) is 70.3 Å². The molecule has 4 rings (SSSR count). The predicted octanol–water partition coefficient (Wildman–Crippen LogP) is 3.20. The van der Waals surface area contributed by atoms with Crippen molar-refractivity contribution in [2.24, 2.45) is 0 Å². The molecule has 0 saturated carbocycles. The van der Waals surface area contributed by atoms with Crippen molar-refractivity contribution in [1.82, 2.24) is 19.5 Å². The first-order valence-corrected chi connectivity index (χ1v) is 13.9. The number of ether oxygens (including phenoxy) is 1. The van der Waals surface area contributed by atoms with Crippen molar-refractivity contribution in [3.63, 3.8) is 0 Å². The molecular weight excluding hydrogens is 487 g/mol. The quantitative estimate of drug-likeness (QED) is 0.161. The van der Waals surface area contributed by atoms with Crippen LogP contribution in [0.4, 0.5) is 17.5 Å². The Hall–Kier alpha value is -2.76. The Morgan fingerprint density at radius 2 is 2.06 bits per heavy atom. The lowest BCUT2D eigenvalue weighted by Gasteiger charge is -2.16. The summed E-state index contributed by atoms with van der Waals surface area (Å²) < 4.78 is 18.7. The number of nitrogen functional groups attached to an aromatic ring is 1. The number of anilines is 3. The Morgan fingerprint density at radius 3 is 2.78 bits per heavy atom. The molecule has 0 amide bonds. The zero-order valence-corrected chi connectivity index (χ0v) is 21.0. The Balaban J connectivity index is 1.50. The van der Waals surface area contributed by atoms with Crippen LogP contribution in [0.1, 0.15) is 57.2 Å². The third kappa shape index (κ3) is 6.32. The number of aryl methyl sites for hydroxylation is 1. The van der Waals surface area contributed by atoms with E-state index in [0.29, 0.717) is 16.9 Å². The van der Waals surface area contributed by atoms with E-state index in [9.17, 15) is 14.8 Å². The molecule has 3 atom stereocenters. The topological polar surface area (TPSA) is 189 Å². The number of nitrogens with one attached hydrogen (secondary N) is 1. The lowest BCUT2D eigenvalue weighted by atomic mass is 10.0. The molecule has 1 aliphatic heterocycles. The molecule has 0 bridgehead atoms. The summed E-state index contributed by atoms with van der Waals surface area (Å²) in [6.07, 6.45) is 4.39. The second-order valence-corrected chi connectivity index (χ2v) is 10.9. The molecule has 3 aromatic rings. The minimum atomic E-state index is -4.20. The number of nitrogens with zero attached hydrogens (tertiary/aromatic N) is 4. The fourth-order valence-electron chi connectivity index (χ4n) is 4.37. The molecule has 36 heavy (non-hydrogen) atoms. The normalized spacial score (nSPS) is 20.3. The standard InChI is InChI=1S/C23H33N6O6P/c1-2-3-4-5-6-14-7-8-15(11-16(14)30)26-23-27-21(24)20-22(28-23)29(13-25-20)19-12-17(31)18(35-19)9-10-36(32,33)34/h7-8,11,13,17-19,30-31H,2-6,9-10,12H2,1H3,(H2,32,33,34)(H3,24,26,27,28). The number of benzene rings is 1. The van der Waals surface area contributed by atoms with Crippen molar-refractivity contribution in [3.8, 4) is 5.75 Å². The third-order valence-corrected chi connectivity index (χ3v) is 7.15. The summed E-state index contributed by atoms with van der Waals surface area (Å²) >= 11 is 0. The van der Waals surface area contributed by atoms with E-state index < -0.39 is 26.0 Å². The number of imidazole rings is 1. The molecule has 12 nitrogen and oxygen atoms in total. The fourth-order valence-corrected chi connectivity index (χ4v) is 4.96. The number of nitrogens with two attached hydrogens (primary N) is 1. The highest BCUT2D eigenvalue weighted by Crippen LogP contribution is 2.39. The number of fused-ring (bicyclic) bond motifs is 1. The van der Waals surface area contributed by atoms with Crippen LogP contribution in [-0.2, 0) is 15.7 Å². The summed E-state index contributed by atoms with van der Waals surface area (Å²) in [5.74, 6) is 0.549. The summed E-state index contributed by atoms with van der Waals surface area (Å²) in [4.78, 5) is 31.3. The van der Waals surface area contributed by atoms with Crippen molar-refractivity contribution < 1.29 is 29.3 Å². The molecule has 0 aliphatic carbocycles. The van der Waals surface area contributed by atoms with Gasteiger partial charge in [0.15, 0.2) is 11.5 Å². The summed E-state index contributed by atoms with van der Waals surface area (Å²) in [6.45, 7) is 2.16. The average Bonchev–Trinajstić information content (AvgIpc) is 3.39. The van der Waals surface area contributed by atoms with E-state index in [0.717, 1.165) is 31.2 Å². The lowest BCUT2D eigenvalue weighted by Crippen LogP contribution is -2.21. The molecule has 0 spiro atoms. The SMILES string of the molecule is CCCCCCc1ccc(Nc2nc(N)c3ncn(C4CC(O)C(CCP(=O)(O)O)O4)c3n2)cc1O. The van der Waals surface area contributed by atoms with Gasteiger partial charge in [-0.25, -0.2) is 4.98 Å². The van der Waals surface area contributed by atoms with Crippen molar-refractivity contribution in [3.05, 3.63) is 30.1 Å². The number of rotatable bonds is 11. The Bertz CT molecular complexity index is 1250. The highest BCUT2D eigenvalue weighted by atomic mass is 31.2. The Kier molecular flexibility index (Phi) is 8.11. The van der Waals surface area contributed by atoms with E-state index in [1.165, 1.54) is 12.7 Å². The van der Waals surface area contributed by atoms with Gasteiger partial charge in [-0.2, -0.15) is 9.97 Å². The lowest BCUT2D eigenvalue weighted by molar-refractivity contribution is -0.0183. The first-order chi connectivity index (χ1) is 17.1. The Labute approximate surface area is 208 Å². The van der Waals surface area contributed by atoms with E-state index in [1.807, 2.05) is 12.1 Å². The molecule has 2 aromatic heterocycles. The molecule has 1 aliphatic rings. The van der Waals surface area contributed by atoms with Gasteiger partial charge in [-0.15, -0.1) is 0 Å². The maximum atomic E-state index is 11.2. The minimum absolute atomic E-state index is 0.0244. The van der Waals surface area contributed by atoms with Gasteiger partial charge in [-0.3, -0.25) is 9.13 Å². The number of aliphatic hydroxyl groups is 1. The maximum absolute atomic E-state index is 11.2. The molecule has 196 valence electrons. The summed E-state index contributed by atoms with van der Waals surface area (Å²) in [7, 11) is -4.20. The molecule has 3 unspecified atom stereocenters. The second-order valence-electron chi connectivity index (χ2n) is 9.14. The molecule has 7 N–H and O–H groups in total. The zero-order chi connectivity index (χ0) is 25.9. The number of hydrogen-bond acceptors (Lipinski definition) is 9. The zero-order valence-electron chi connectivity index (χ0n) is 20.1. The van der Waals surface area contributed by atoms with Crippen LogP contribution in [-0.4, -0.2) is 57.9 Å². The van der Waals surface area contributed by atoms with Crippen LogP contribution >= 0.6 is 7.60 Å². The van der Waals surface area contributed by atoms with Crippen LogP contribution in [0.5, 0.6) is 5.75 Å². The summed E-state index contributed by atoms with van der Waals surface area (Å²) in [5, 5.41) is 23.9. The predicted molar refractivity (Wildman–Crippen MR) is 135 cm³/mol. The number of phenols is 1. The van der Waals surface area contributed by atoms with Crippen LogP contribution in [0.2, 0.25) is 0 Å². The maximum Gasteiger partial charge on any atom is 0.325 e. The molecule has 13 heteroatoms. The summed E-state index contributed by atoms with van der Waals surface area (Å²) in [6, 6.07) is 5.34. The van der Waals surface area contributed by atoms with Gasteiger partial charge < -0.3 is 35.8 Å². The van der Waals surface area contributed by atoms with Crippen LogP contribution in [0.25, 0.3) is 11.2 Å². The van der Waals surface area contributed by atoms with Gasteiger partial charge in [0, 0.05) is 18.2 Å². The fraction of sp³-hybridized carbons (Fsp3) is 0.522. The van der Waals surface area contributed by atoms with Gasteiger partial charge in [-0.1, -0.05) is 32.3 Å². The molecule has 1 saturated heterocycles. The highest BCUT2D eigenvalue weighted by Gasteiger charge is 2.36. The summed E-state index contributed by atoms with van der Waals surface area (Å²) in [5.41, 5.74) is 8.34. The molecule has 0 radical (unpaired) electrons. The van der Waals surface area contributed by atoms with Gasteiger partial charge >= 0.3 is 7.60 Å². The number of hydrogen-bond donors (Lipinski definition) is 6. The monoisotopic (exact) mass is 520 g/mol. The van der Waals surface area contributed by atoms with Gasteiger partial charge in [-0.05, 0) is 30.9 Å². The van der Waals surface area contributed by atoms with Crippen LogP contribution in [0.15, 0.2) is 24.5 Å². The van der Waals surface area contributed by atoms with Gasteiger partial charge in [0.2, 0.25) is 5.95 Å². The second kappa shape index (κ2) is 11.1. The largest absolute Gasteiger partial charge is 0.508 e. The highest BCUT2D eigenvalue weighted by molar-refractivity contribution is 7.51. The van der Waals surface area contributed by atoms with Crippen molar-refractivity contribution in [2.75, 3.05) is 17.2 Å². The minimum Gasteiger partial charge on any atom is -0.508 e. The number of aliphatic hydroxyl groups excluding tert-OH is 1. The number of aromatic nitrogens is 4. The van der Waals surface area contributed by atoms with Crippen LogP contribution in [0.3, 0.4) is 0 Å². The average molecular weight is 521 g/mol. The molecule has 3 heterocycles. The molecule has 1 fully saturated rings. The first kappa shape index (κ1) is 26.3. The van der Waals surface area contributed by atoms with Gasteiger partial charge in [0.1, 0.15) is 17.5 Å². The number of unbranched alkanes of at least 4 members (excludes halogenated alkanes) is 3. The first-order valence-electron chi connectivity index (χ1n) is 12.1.